The minimum atomic E-state index is -0.320. The Bertz CT molecular complexity index is 445. The molecule has 0 saturated carbocycles. The molecular weight excluding hydrogens is 179 g/mol. The summed E-state index contributed by atoms with van der Waals surface area (Å²) in [5.74, 6) is 0.136. The second-order valence-electron chi connectivity index (χ2n) is 3.66. The van der Waals surface area contributed by atoms with Gasteiger partial charge in [0.2, 0.25) is 0 Å². The third kappa shape index (κ3) is 1.67. The molecule has 0 unspecified atom stereocenters. The molecule has 76 valence electrons. The lowest BCUT2D eigenvalue weighted by atomic mass is 9.91. The summed E-state index contributed by atoms with van der Waals surface area (Å²) in [7, 11) is 1.81. The second-order valence-corrected chi connectivity index (χ2v) is 3.66. The summed E-state index contributed by atoms with van der Waals surface area (Å²) in [5.41, 5.74) is 0.898. The van der Waals surface area contributed by atoms with E-state index in [1.807, 2.05) is 28.6 Å². The number of aromatic amines is 1. The molecule has 1 N–H and O–H groups in total. The van der Waals surface area contributed by atoms with Gasteiger partial charge in [-0.15, -0.1) is 0 Å². The summed E-state index contributed by atoms with van der Waals surface area (Å²) in [4.78, 5) is 25.2. The molecule has 0 radical (unpaired) electrons. The second kappa shape index (κ2) is 3.86. The Morgan fingerprint density at radius 3 is 2.43 bits per heavy atom. The van der Waals surface area contributed by atoms with Crippen LogP contribution in [0.2, 0.25) is 0 Å². The van der Waals surface area contributed by atoms with Gasteiger partial charge in [-0.1, -0.05) is 13.8 Å². The summed E-state index contributed by atoms with van der Waals surface area (Å²) in [6.07, 6.45) is 0. The lowest BCUT2D eigenvalue weighted by Crippen LogP contribution is -2.44. The van der Waals surface area contributed by atoms with E-state index in [9.17, 15) is 9.59 Å². The van der Waals surface area contributed by atoms with Gasteiger partial charge >= 0.3 is 5.69 Å². The molecule has 1 heterocycles. The zero-order valence-electron chi connectivity index (χ0n) is 9.05. The van der Waals surface area contributed by atoms with Crippen molar-refractivity contribution in [2.45, 2.75) is 33.2 Å². The van der Waals surface area contributed by atoms with E-state index in [0.717, 1.165) is 5.59 Å². The normalized spacial score (nSPS) is 10.9. The Labute approximate surface area is 83.4 Å². The Hall–Kier alpha value is -1.26. The first-order chi connectivity index (χ1) is 6.49. The summed E-state index contributed by atoms with van der Waals surface area (Å²) in [6.45, 7) is 6.36. The van der Waals surface area contributed by atoms with Crippen LogP contribution < -0.4 is 16.8 Å². The van der Waals surface area contributed by atoms with Crippen LogP contribution in [0.25, 0.3) is 0 Å². The highest BCUT2D eigenvalue weighted by atomic mass is 16.2. The molecule has 0 bridgehead atoms. The fraction of sp³-hybridized carbons (Fsp3) is 0.556. The van der Waals surface area contributed by atoms with Crippen LogP contribution in [0.4, 0.5) is 0 Å². The number of nitrogens with zero attached hydrogens (tertiary/aromatic N) is 1. The average molecular weight is 194 g/mol. The van der Waals surface area contributed by atoms with Gasteiger partial charge in [-0.3, -0.25) is 9.78 Å². The standard InChI is InChI=1S/C9H15BN2O2/c1-4-12-7(10)6(5(2)3)8(13)11-9(12)14/h5H,4,10H2,1-3H3,(H,11,13,14). The van der Waals surface area contributed by atoms with E-state index in [4.69, 9.17) is 0 Å². The van der Waals surface area contributed by atoms with Gasteiger partial charge in [0.15, 0.2) is 7.85 Å². The van der Waals surface area contributed by atoms with Gasteiger partial charge < -0.3 is 4.57 Å². The average Bonchev–Trinajstić information content (AvgIpc) is 2.02. The van der Waals surface area contributed by atoms with Crippen LogP contribution in [0.1, 0.15) is 32.3 Å². The molecule has 0 aliphatic heterocycles. The van der Waals surface area contributed by atoms with Crippen molar-refractivity contribution in [3.05, 3.63) is 26.4 Å². The molecule has 1 aromatic rings. The number of rotatable bonds is 2. The first-order valence-corrected chi connectivity index (χ1v) is 4.82. The minimum Gasteiger partial charge on any atom is -0.307 e. The maximum atomic E-state index is 11.5. The fourth-order valence-electron chi connectivity index (χ4n) is 1.75. The van der Waals surface area contributed by atoms with Crippen LogP contribution in [0, 0.1) is 0 Å². The molecule has 5 heteroatoms. The molecule has 0 atom stereocenters. The fourth-order valence-corrected chi connectivity index (χ4v) is 1.75. The van der Waals surface area contributed by atoms with Crippen molar-refractivity contribution < 1.29 is 0 Å². The number of H-pyrrole nitrogens is 1. The van der Waals surface area contributed by atoms with Crippen molar-refractivity contribution in [1.29, 1.82) is 0 Å². The lowest BCUT2D eigenvalue weighted by Gasteiger charge is -2.13. The van der Waals surface area contributed by atoms with E-state index in [1.165, 1.54) is 0 Å². The molecule has 0 saturated heterocycles. The van der Waals surface area contributed by atoms with Crippen LogP contribution in [0.3, 0.4) is 0 Å². The van der Waals surface area contributed by atoms with Gasteiger partial charge in [-0.05, 0) is 18.4 Å². The smallest absolute Gasteiger partial charge is 0.307 e. The zero-order chi connectivity index (χ0) is 10.9. The highest BCUT2D eigenvalue weighted by Gasteiger charge is 2.12. The molecule has 14 heavy (non-hydrogen) atoms. The van der Waals surface area contributed by atoms with Crippen LogP contribution in [-0.2, 0) is 6.54 Å². The number of aromatic nitrogens is 2. The number of hydrogen-bond donors (Lipinski definition) is 1. The van der Waals surface area contributed by atoms with Gasteiger partial charge in [-0.25, -0.2) is 4.79 Å². The quantitative estimate of drug-likeness (QED) is 0.610. The highest BCUT2D eigenvalue weighted by molar-refractivity contribution is 6.31. The molecule has 4 nitrogen and oxygen atoms in total. The maximum Gasteiger partial charge on any atom is 0.327 e. The number of nitrogens with one attached hydrogen (secondary N) is 1. The van der Waals surface area contributed by atoms with Crippen LogP contribution >= 0.6 is 0 Å². The third-order valence-corrected chi connectivity index (χ3v) is 2.40. The van der Waals surface area contributed by atoms with Crippen molar-refractivity contribution >= 4 is 13.4 Å². The Morgan fingerprint density at radius 1 is 1.43 bits per heavy atom. The Morgan fingerprint density at radius 2 is 2.00 bits per heavy atom. The molecule has 0 aromatic carbocycles. The topological polar surface area (TPSA) is 54.9 Å². The predicted octanol–water partition coefficient (Wildman–Crippen LogP) is -1.06. The van der Waals surface area contributed by atoms with E-state index in [1.54, 1.807) is 4.57 Å². The SMILES string of the molecule is Bc1c(C(C)C)c(=O)[nH]c(=O)n1CC. The maximum absolute atomic E-state index is 11.5. The van der Waals surface area contributed by atoms with Crippen LogP contribution in [-0.4, -0.2) is 17.4 Å². The predicted molar refractivity (Wildman–Crippen MR) is 59.3 cm³/mol. The van der Waals surface area contributed by atoms with Gasteiger partial charge in [0.1, 0.15) is 0 Å². The van der Waals surface area contributed by atoms with E-state index >= 15 is 0 Å². The summed E-state index contributed by atoms with van der Waals surface area (Å²) < 4.78 is 1.58. The summed E-state index contributed by atoms with van der Waals surface area (Å²) in [5, 5.41) is 0. The van der Waals surface area contributed by atoms with Gasteiger partial charge in [0, 0.05) is 12.1 Å². The van der Waals surface area contributed by atoms with E-state index in [2.05, 4.69) is 4.98 Å². The molecule has 0 spiro atoms. The molecule has 0 amide bonds. The third-order valence-electron chi connectivity index (χ3n) is 2.40. The molecule has 0 aliphatic carbocycles. The molecular formula is C9H15BN2O2. The van der Waals surface area contributed by atoms with Crippen LogP contribution in [0.5, 0.6) is 0 Å². The van der Waals surface area contributed by atoms with Crippen molar-refractivity contribution in [2.75, 3.05) is 0 Å². The number of hydrogen-bond acceptors (Lipinski definition) is 2. The van der Waals surface area contributed by atoms with Crippen molar-refractivity contribution in [1.82, 2.24) is 9.55 Å². The first-order valence-electron chi connectivity index (χ1n) is 4.82. The lowest BCUT2D eigenvalue weighted by molar-refractivity contribution is 0.693. The Balaban J connectivity index is 3.61. The zero-order valence-corrected chi connectivity index (χ0v) is 9.05. The molecule has 1 rings (SSSR count). The van der Waals surface area contributed by atoms with E-state index in [0.29, 0.717) is 12.1 Å². The minimum absolute atomic E-state index is 0.136. The van der Waals surface area contributed by atoms with Gasteiger partial charge in [0.25, 0.3) is 5.56 Å². The van der Waals surface area contributed by atoms with Crippen molar-refractivity contribution in [3.8, 4) is 0 Å². The largest absolute Gasteiger partial charge is 0.327 e. The van der Waals surface area contributed by atoms with E-state index in [-0.39, 0.29) is 17.2 Å². The summed E-state index contributed by atoms with van der Waals surface area (Å²) >= 11 is 0. The van der Waals surface area contributed by atoms with E-state index < -0.39 is 0 Å². The monoisotopic (exact) mass is 194 g/mol. The first kappa shape index (κ1) is 10.8. The molecule has 0 fully saturated rings. The highest BCUT2D eigenvalue weighted by Crippen LogP contribution is 2.03. The molecule has 0 aliphatic rings. The van der Waals surface area contributed by atoms with Gasteiger partial charge in [-0.2, -0.15) is 0 Å². The van der Waals surface area contributed by atoms with Crippen molar-refractivity contribution in [2.24, 2.45) is 0 Å². The van der Waals surface area contributed by atoms with Gasteiger partial charge in [0.05, 0.1) is 0 Å². The Kier molecular flexibility index (Phi) is 2.98. The summed E-state index contributed by atoms with van der Waals surface area (Å²) in [6, 6.07) is 0. The van der Waals surface area contributed by atoms with Crippen molar-refractivity contribution in [3.63, 3.8) is 0 Å². The van der Waals surface area contributed by atoms with Crippen LogP contribution in [0.15, 0.2) is 9.59 Å². The molecule has 1 aromatic heterocycles.